The number of sulfonamides is 1. The number of halogens is 1. The fourth-order valence-corrected chi connectivity index (χ4v) is 5.22. The molecule has 2 atom stereocenters. The Bertz CT molecular complexity index is 972. The third kappa shape index (κ3) is 3.92. The van der Waals surface area contributed by atoms with Crippen LogP contribution in [-0.4, -0.2) is 47.4 Å². The maximum absolute atomic E-state index is 12.9. The Kier molecular flexibility index (Phi) is 5.15. The van der Waals surface area contributed by atoms with E-state index >= 15 is 0 Å². The summed E-state index contributed by atoms with van der Waals surface area (Å²) in [6.45, 7) is 2.14. The van der Waals surface area contributed by atoms with E-state index < -0.39 is 10.0 Å². The van der Waals surface area contributed by atoms with Gasteiger partial charge in [0.15, 0.2) is 5.69 Å². The van der Waals surface area contributed by atoms with Gasteiger partial charge in [-0.1, -0.05) is 16.8 Å². The van der Waals surface area contributed by atoms with Gasteiger partial charge in [0, 0.05) is 36.8 Å². The molecule has 8 nitrogen and oxygen atoms in total. The molecule has 0 bridgehead atoms. The van der Waals surface area contributed by atoms with E-state index in [2.05, 4.69) is 15.5 Å². The van der Waals surface area contributed by atoms with Gasteiger partial charge in [0.1, 0.15) is 15.8 Å². The number of rotatable bonds is 5. The summed E-state index contributed by atoms with van der Waals surface area (Å²) in [5.74, 6) is 0.868. The molecule has 1 saturated carbocycles. The van der Waals surface area contributed by atoms with Gasteiger partial charge in [-0.25, -0.2) is 13.4 Å². The highest BCUT2D eigenvalue weighted by Gasteiger charge is 2.36. The van der Waals surface area contributed by atoms with Crippen molar-refractivity contribution in [3.8, 4) is 0 Å². The maximum Gasteiger partial charge on any atom is 0.273 e. The Hall–Kier alpha value is -1.97. The lowest BCUT2D eigenvalue weighted by molar-refractivity contribution is 0.0905. The number of pyridine rings is 1. The number of hydrogen-bond acceptors (Lipinski definition) is 6. The first-order chi connectivity index (χ1) is 13.3. The standard InChI is InChI=1S/C18H21ClN4O4S/c1-11-8-13(21-18(24)15-9-16(27-22-15)12-2-3-12)6-7-23(11)28(25,26)14-4-5-17(19)20-10-14/h4-5,9-13H,2-3,6-8H2,1H3,(H,21,24)/t11-,13-/m0/s1. The average Bonchev–Trinajstić information content (AvgIpc) is 3.38. The van der Waals surface area contributed by atoms with Crippen LogP contribution < -0.4 is 5.32 Å². The van der Waals surface area contributed by atoms with Crippen molar-refractivity contribution in [1.29, 1.82) is 0 Å². The normalized spacial score (nSPS) is 23.5. The number of piperidine rings is 1. The molecule has 150 valence electrons. The van der Waals surface area contributed by atoms with Crippen LogP contribution in [0.5, 0.6) is 0 Å². The number of nitrogens with one attached hydrogen (secondary N) is 1. The van der Waals surface area contributed by atoms with Gasteiger partial charge in [0.05, 0.1) is 0 Å². The number of nitrogens with zero attached hydrogens (tertiary/aromatic N) is 3. The zero-order valence-electron chi connectivity index (χ0n) is 15.3. The minimum atomic E-state index is -3.66. The second-order valence-corrected chi connectivity index (χ2v) is 9.64. The zero-order valence-corrected chi connectivity index (χ0v) is 16.9. The monoisotopic (exact) mass is 424 g/mol. The fourth-order valence-electron chi connectivity index (χ4n) is 3.50. The molecule has 2 aromatic heterocycles. The van der Waals surface area contributed by atoms with Crippen molar-refractivity contribution in [2.24, 2.45) is 0 Å². The maximum atomic E-state index is 12.9. The summed E-state index contributed by atoms with van der Waals surface area (Å²) in [5, 5.41) is 7.04. The van der Waals surface area contributed by atoms with Crippen LogP contribution in [0.4, 0.5) is 0 Å². The quantitative estimate of drug-likeness (QED) is 0.739. The van der Waals surface area contributed by atoms with Crippen LogP contribution in [0.15, 0.2) is 33.8 Å². The summed E-state index contributed by atoms with van der Waals surface area (Å²) in [4.78, 5) is 16.4. The molecule has 1 amide bonds. The Morgan fingerprint density at radius 2 is 2.11 bits per heavy atom. The third-order valence-corrected chi connectivity index (χ3v) is 7.42. The van der Waals surface area contributed by atoms with Crippen molar-refractivity contribution in [2.75, 3.05) is 6.54 Å². The molecule has 1 aliphatic carbocycles. The predicted octanol–water partition coefficient (Wildman–Crippen LogP) is 2.57. The van der Waals surface area contributed by atoms with Gasteiger partial charge in [0.2, 0.25) is 10.0 Å². The van der Waals surface area contributed by atoms with E-state index in [4.69, 9.17) is 16.1 Å². The van der Waals surface area contributed by atoms with E-state index in [-0.39, 0.29) is 33.7 Å². The first kappa shape index (κ1) is 19.4. The lowest BCUT2D eigenvalue weighted by Crippen LogP contribution is -2.50. The van der Waals surface area contributed by atoms with Crippen LogP contribution in [0.25, 0.3) is 0 Å². The predicted molar refractivity (Wildman–Crippen MR) is 102 cm³/mol. The van der Waals surface area contributed by atoms with E-state index in [9.17, 15) is 13.2 Å². The minimum Gasteiger partial charge on any atom is -0.360 e. The van der Waals surface area contributed by atoms with Crippen LogP contribution in [0.1, 0.15) is 54.8 Å². The SMILES string of the molecule is C[C@H]1C[C@@H](NC(=O)c2cc(C3CC3)on2)CCN1S(=O)(=O)c1ccc(Cl)nc1. The van der Waals surface area contributed by atoms with Gasteiger partial charge in [0.25, 0.3) is 5.91 Å². The van der Waals surface area contributed by atoms with E-state index in [1.54, 1.807) is 6.07 Å². The van der Waals surface area contributed by atoms with Gasteiger partial charge < -0.3 is 9.84 Å². The highest BCUT2D eigenvalue weighted by molar-refractivity contribution is 7.89. The van der Waals surface area contributed by atoms with E-state index in [1.165, 1.54) is 22.6 Å². The van der Waals surface area contributed by atoms with Gasteiger partial charge in [-0.15, -0.1) is 0 Å². The summed E-state index contributed by atoms with van der Waals surface area (Å²) in [6, 6.07) is 4.22. The zero-order chi connectivity index (χ0) is 19.9. The van der Waals surface area contributed by atoms with Gasteiger partial charge in [-0.05, 0) is 44.7 Å². The molecular weight excluding hydrogens is 404 g/mol. The van der Waals surface area contributed by atoms with Gasteiger partial charge in [-0.2, -0.15) is 4.31 Å². The van der Waals surface area contributed by atoms with Crippen LogP contribution in [-0.2, 0) is 10.0 Å². The molecule has 0 radical (unpaired) electrons. The number of carbonyl (C=O) groups excluding carboxylic acids is 1. The molecule has 4 rings (SSSR count). The first-order valence-corrected chi connectivity index (χ1v) is 11.1. The van der Waals surface area contributed by atoms with Crippen molar-refractivity contribution in [1.82, 2.24) is 19.8 Å². The van der Waals surface area contributed by atoms with Crippen LogP contribution >= 0.6 is 11.6 Å². The molecule has 1 saturated heterocycles. The summed E-state index contributed by atoms with van der Waals surface area (Å²) >= 11 is 5.74. The van der Waals surface area contributed by atoms with Crippen LogP contribution in [0.3, 0.4) is 0 Å². The number of carbonyl (C=O) groups is 1. The molecule has 10 heteroatoms. The topological polar surface area (TPSA) is 105 Å². The molecule has 3 heterocycles. The lowest BCUT2D eigenvalue weighted by atomic mass is 10.0. The molecule has 0 unspecified atom stereocenters. The van der Waals surface area contributed by atoms with Crippen LogP contribution in [0, 0.1) is 0 Å². The van der Waals surface area contributed by atoms with Crippen molar-refractivity contribution in [3.05, 3.63) is 41.0 Å². The van der Waals surface area contributed by atoms with E-state index in [1.807, 2.05) is 6.92 Å². The molecule has 0 spiro atoms. The number of hydrogen-bond donors (Lipinski definition) is 1. The largest absolute Gasteiger partial charge is 0.360 e. The molecule has 2 aliphatic rings. The highest BCUT2D eigenvalue weighted by atomic mass is 35.5. The fraction of sp³-hybridized carbons (Fsp3) is 0.500. The Labute approximate surface area is 168 Å². The second-order valence-electron chi connectivity index (χ2n) is 7.36. The molecule has 28 heavy (non-hydrogen) atoms. The van der Waals surface area contributed by atoms with E-state index in [0.717, 1.165) is 18.6 Å². The van der Waals surface area contributed by atoms with Crippen LogP contribution in [0.2, 0.25) is 5.15 Å². The van der Waals surface area contributed by atoms with Gasteiger partial charge in [-0.3, -0.25) is 4.79 Å². The van der Waals surface area contributed by atoms with Gasteiger partial charge >= 0.3 is 0 Å². The minimum absolute atomic E-state index is 0.112. The molecule has 1 N–H and O–H groups in total. The van der Waals surface area contributed by atoms with Crippen molar-refractivity contribution in [2.45, 2.75) is 55.5 Å². The Morgan fingerprint density at radius 3 is 2.75 bits per heavy atom. The highest BCUT2D eigenvalue weighted by Crippen LogP contribution is 2.40. The first-order valence-electron chi connectivity index (χ1n) is 9.25. The summed E-state index contributed by atoms with van der Waals surface area (Å²) in [7, 11) is -3.66. The van der Waals surface area contributed by atoms with Crippen molar-refractivity contribution >= 4 is 27.5 Å². The molecule has 2 aromatic rings. The molecule has 0 aromatic carbocycles. The lowest BCUT2D eigenvalue weighted by Gasteiger charge is -2.36. The van der Waals surface area contributed by atoms with E-state index in [0.29, 0.717) is 25.3 Å². The smallest absolute Gasteiger partial charge is 0.273 e. The second kappa shape index (κ2) is 7.46. The molecular formula is C18H21ClN4O4S. The summed E-state index contributed by atoms with van der Waals surface area (Å²) in [5.41, 5.74) is 0.275. The Morgan fingerprint density at radius 1 is 1.32 bits per heavy atom. The molecule has 2 fully saturated rings. The third-order valence-electron chi connectivity index (χ3n) is 5.20. The number of aromatic nitrogens is 2. The summed E-state index contributed by atoms with van der Waals surface area (Å²) < 4.78 is 32.4. The summed E-state index contributed by atoms with van der Waals surface area (Å²) in [6.07, 6.45) is 4.44. The Balaban J connectivity index is 1.39. The average molecular weight is 425 g/mol. The van der Waals surface area contributed by atoms with Crippen molar-refractivity contribution < 1.29 is 17.7 Å². The molecule has 1 aliphatic heterocycles. The number of amides is 1. The van der Waals surface area contributed by atoms with Crippen molar-refractivity contribution in [3.63, 3.8) is 0 Å².